The first kappa shape index (κ1) is 16.8. The summed E-state index contributed by atoms with van der Waals surface area (Å²) in [5.41, 5.74) is 2.19. The predicted octanol–water partition coefficient (Wildman–Crippen LogP) is 5.24. The molecule has 112 valence electrons. The van der Waals surface area contributed by atoms with E-state index in [1.54, 1.807) is 0 Å². The van der Waals surface area contributed by atoms with Gasteiger partial charge in [-0.15, -0.1) is 0 Å². The minimum atomic E-state index is 0.233. The summed E-state index contributed by atoms with van der Waals surface area (Å²) in [6, 6.07) is 17.4. The van der Waals surface area contributed by atoms with E-state index < -0.39 is 0 Å². The Balaban J connectivity index is 2.15. The fraction of sp³-hybridized carbons (Fsp3) is 0.176. The fourth-order valence-corrected chi connectivity index (χ4v) is 2.48. The van der Waals surface area contributed by atoms with Crippen LogP contribution in [-0.4, -0.2) is 9.89 Å². The zero-order valence-electron chi connectivity index (χ0n) is 11.8. The van der Waals surface area contributed by atoms with Crippen LogP contribution in [0, 0.1) is 11.3 Å². The molecule has 0 heterocycles. The molecule has 0 aromatic heterocycles. The van der Waals surface area contributed by atoms with Gasteiger partial charge in [0.25, 0.3) is 0 Å². The molecule has 0 atom stereocenters. The number of benzene rings is 2. The quantitative estimate of drug-likeness (QED) is 0.691. The van der Waals surface area contributed by atoms with Crippen molar-refractivity contribution in [3.05, 3.63) is 69.7 Å². The molecule has 0 radical (unpaired) electrons. The van der Waals surface area contributed by atoms with Gasteiger partial charge in [-0.05, 0) is 35.4 Å². The summed E-state index contributed by atoms with van der Waals surface area (Å²) < 4.78 is 0. The molecule has 2 nitrogen and oxygen atoms in total. The third-order valence-corrected chi connectivity index (χ3v) is 4.06. The molecule has 0 aliphatic carbocycles. The Morgan fingerprint density at radius 2 is 1.32 bits per heavy atom. The molecule has 2 aromatic carbocycles. The van der Waals surface area contributed by atoms with E-state index >= 15 is 0 Å². The second kappa shape index (κ2) is 8.14. The van der Waals surface area contributed by atoms with Crippen molar-refractivity contribution < 1.29 is 0 Å². The summed E-state index contributed by atoms with van der Waals surface area (Å²) >= 11 is 17.2. The third-order valence-electron chi connectivity index (χ3n) is 3.16. The van der Waals surface area contributed by atoms with E-state index in [1.165, 1.54) is 0 Å². The highest BCUT2D eigenvalue weighted by atomic mass is 35.5. The number of rotatable bonds is 5. The molecule has 0 saturated heterocycles. The first-order valence-corrected chi connectivity index (χ1v) is 7.88. The molecule has 0 aliphatic rings. The van der Waals surface area contributed by atoms with Crippen molar-refractivity contribution in [2.45, 2.75) is 19.5 Å². The molecular formula is C17H14Cl2N2S. The van der Waals surface area contributed by atoms with E-state index in [4.69, 9.17) is 40.7 Å². The number of nitriles is 1. The molecule has 5 heteroatoms. The van der Waals surface area contributed by atoms with Gasteiger partial charge >= 0.3 is 0 Å². The van der Waals surface area contributed by atoms with Gasteiger partial charge in [-0.3, -0.25) is 0 Å². The molecule has 0 bridgehead atoms. The lowest BCUT2D eigenvalue weighted by Gasteiger charge is -2.24. The summed E-state index contributed by atoms with van der Waals surface area (Å²) in [6.07, 6.45) is 0.233. The highest BCUT2D eigenvalue weighted by molar-refractivity contribution is 7.80. The average molecular weight is 349 g/mol. The van der Waals surface area contributed by atoms with Crippen molar-refractivity contribution in [1.29, 1.82) is 5.26 Å². The van der Waals surface area contributed by atoms with Crippen molar-refractivity contribution >= 4 is 40.4 Å². The first-order chi connectivity index (χ1) is 10.6. The summed E-state index contributed by atoms with van der Waals surface area (Å²) in [5, 5.41) is 10.3. The van der Waals surface area contributed by atoms with E-state index in [0.717, 1.165) is 11.1 Å². The van der Waals surface area contributed by atoms with Gasteiger partial charge in [-0.25, -0.2) is 0 Å². The van der Waals surface area contributed by atoms with Crippen LogP contribution in [0.25, 0.3) is 0 Å². The number of hydrogen-bond acceptors (Lipinski definition) is 2. The third kappa shape index (κ3) is 4.99. The van der Waals surface area contributed by atoms with Crippen molar-refractivity contribution in [2.24, 2.45) is 0 Å². The maximum absolute atomic E-state index is 8.89. The van der Waals surface area contributed by atoms with Crippen LogP contribution in [0.5, 0.6) is 0 Å². The van der Waals surface area contributed by atoms with Gasteiger partial charge in [0.2, 0.25) is 0 Å². The molecule has 0 fully saturated rings. The van der Waals surface area contributed by atoms with Crippen LogP contribution in [0.4, 0.5) is 0 Å². The fourth-order valence-electron chi connectivity index (χ4n) is 2.03. The molecule has 0 unspecified atom stereocenters. The van der Waals surface area contributed by atoms with Crippen molar-refractivity contribution in [3.63, 3.8) is 0 Å². The van der Waals surface area contributed by atoms with Gasteiger partial charge in [-0.1, -0.05) is 59.7 Å². The topological polar surface area (TPSA) is 27.0 Å². The molecule has 0 spiro atoms. The molecular weight excluding hydrogens is 335 g/mol. The highest BCUT2D eigenvalue weighted by Crippen LogP contribution is 2.16. The average Bonchev–Trinajstić information content (AvgIpc) is 2.51. The zero-order valence-corrected chi connectivity index (χ0v) is 14.1. The minimum absolute atomic E-state index is 0.233. The van der Waals surface area contributed by atoms with Gasteiger partial charge in [0.1, 0.15) is 0 Å². The van der Waals surface area contributed by atoms with Crippen LogP contribution >= 0.6 is 35.4 Å². The van der Waals surface area contributed by atoms with Crippen LogP contribution in [0.15, 0.2) is 48.5 Å². The number of nitrogens with zero attached hydrogens (tertiary/aromatic N) is 2. The van der Waals surface area contributed by atoms with Gasteiger partial charge in [-0.2, -0.15) is 5.26 Å². The maximum Gasteiger partial charge on any atom is 0.0928 e. The van der Waals surface area contributed by atoms with Crippen molar-refractivity contribution in [2.75, 3.05) is 0 Å². The summed E-state index contributed by atoms with van der Waals surface area (Å²) in [5.74, 6) is 0. The maximum atomic E-state index is 8.89. The van der Waals surface area contributed by atoms with E-state index in [0.29, 0.717) is 28.1 Å². The van der Waals surface area contributed by atoms with Crippen molar-refractivity contribution in [1.82, 2.24) is 4.90 Å². The molecule has 0 amide bonds. The highest BCUT2D eigenvalue weighted by Gasteiger charge is 2.11. The van der Waals surface area contributed by atoms with Gasteiger partial charge < -0.3 is 4.90 Å². The summed E-state index contributed by atoms with van der Waals surface area (Å²) in [6.45, 7) is 1.28. The van der Waals surface area contributed by atoms with E-state index in [9.17, 15) is 0 Å². The molecule has 0 N–H and O–H groups in total. The molecule has 2 rings (SSSR count). The smallest absolute Gasteiger partial charge is 0.0928 e. The number of hydrogen-bond donors (Lipinski definition) is 0. The number of halogens is 2. The Morgan fingerprint density at radius 3 is 1.68 bits per heavy atom. The van der Waals surface area contributed by atoms with E-state index in [-0.39, 0.29) is 6.42 Å². The predicted molar refractivity (Wildman–Crippen MR) is 95.0 cm³/mol. The summed E-state index contributed by atoms with van der Waals surface area (Å²) in [7, 11) is 0. The zero-order chi connectivity index (χ0) is 15.9. The Bertz CT molecular complexity index is 628. The lowest BCUT2D eigenvalue weighted by atomic mass is 10.1. The molecule has 0 saturated carbocycles. The second-order valence-corrected chi connectivity index (χ2v) is 6.18. The Hall–Kier alpha value is -1.60. The van der Waals surface area contributed by atoms with Gasteiger partial charge in [0.05, 0.1) is 17.5 Å². The van der Waals surface area contributed by atoms with Crippen LogP contribution in [0.3, 0.4) is 0 Å². The molecule has 22 heavy (non-hydrogen) atoms. The van der Waals surface area contributed by atoms with E-state index in [1.807, 2.05) is 53.4 Å². The lowest BCUT2D eigenvalue weighted by molar-refractivity contribution is 0.409. The first-order valence-electron chi connectivity index (χ1n) is 6.72. The van der Waals surface area contributed by atoms with Crippen molar-refractivity contribution in [3.8, 4) is 6.07 Å². The largest absolute Gasteiger partial charge is 0.357 e. The van der Waals surface area contributed by atoms with Crippen LogP contribution in [0.1, 0.15) is 17.5 Å². The van der Waals surface area contributed by atoms with Gasteiger partial charge in [0, 0.05) is 23.1 Å². The minimum Gasteiger partial charge on any atom is -0.357 e. The monoisotopic (exact) mass is 348 g/mol. The molecule has 0 aliphatic heterocycles. The van der Waals surface area contributed by atoms with Crippen LogP contribution in [-0.2, 0) is 13.1 Å². The van der Waals surface area contributed by atoms with Gasteiger partial charge in [0.15, 0.2) is 0 Å². The Labute approximate surface area is 145 Å². The Kier molecular flexibility index (Phi) is 6.21. The lowest BCUT2D eigenvalue weighted by Crippen LogP contribution is -2.28. The Morgan fingerprint density at radius 1 is 0.909 bits per heavy atom. The van der Waals surface area contributed by atoms with E-state index in [2.05, 4.69) is 6.07 Å². The number of thiocarbonyl (C=S) groups is 1. The summed E-state index contributed by atoms with van der Waals surface area (Å²) in [4.78, 5) is 2.65. The molecule has 2 aromatic rings. The van der Waals surface area contributed by atoms with Crippen LogP contribution in [0.2, 0.25) is 10.0 Å². The normalized spacial score (nSPS) is 10.0. The SMILES string of the molecule is N#CCC(=S)N(Cc1ccc(Cl)cc1)Cc1ccc(Cl)cc1. The second-order valence-electron chi connectivity index (χ2n) is 4.84. The standard InChI is InChI=1S/C17H14Cl2N2S/c18-15-5-1-13(2-6-15)11-21(17(22)9-10-20)12-14-3-7-16(19)8-4-14/h1-8H,9,11-12H2. The van der Waals surface area contributed by atoms with Crippen LogP contribution < -0.4 is 0 Å².